The van der Waals surface area contributed by atoms with E-state index in [0.29, 0.717) is 0 Å². The van der Waals surface area contributed by atoms with Crippen LogP contribution in [0.5, 0.6) is 0 Å². The van der Waals surface area contributed by atoms with Crippen LogP contribution in [0.1, 0.15) is 126 Å². The predicted molar refractivity (Wildman–Crippen MR) is 173 cm³/mol. The number of nitrogens with one attached hydrogen (secondary N) is 2. The second kappa shape index (κ2) is 13.1. The molecule has 8 bridgehead atoms. The summed E-state index contributed by atoms with van der Waals surface area (Å²) in [7, 11) is 0. The van der Waals surface area contributed by atoms with Gasteiger partial charge in [-0.15, -0.1) is 0 Å². The average Bonchev–Trinajstić information content (AvgIpc) is 3.67. The Bertz CT molecular complexity index is 1560. The van der Waals surface area contributed by atoms with Crippen molar-refractivity contribution in [3.63, 3.8) is 0 Å². The van der Waals surface area contributed by atoms with Crippen molar-refractivity contribution in [1.82, 2.24) is 19.9 Å². The van der Waals surface area contributed by atoms with Gasteiger partial charge in [0, 0.05) is 22.1 Å². The van der Waals surface area contributed by atoms with E-state index >= 15 is 0 Å². The number of nitrogens with zero attached hydrogens (tertiary/aromatic N) is 2. The van der Waals surface area contributed by atoms with Crippen LogP contribution in [0.2, 0.25) is 0 Å². The van der Waals surface area contributed by atoms with Gasteiger partial charge >= 0.3 is 20.4 Å². The Labute approximate surface area is 259 Å². The number of hydrogen-bond donors (Lipinski definition) is 2. The number of H-pyrrole nitrogens is 2. The van der Waals surface area contributed by atoms with E-state index in [4.69, 9.17) is 9.97 Å². The summed E-state index contributed by atoms with van der Waals surface area (Å²) in [5.74, 6) is 0. The molecule has 5 heteroatoms. The minimum atomic E-state index is 0. The van der Waals surface area contributed by atoms with Crippen molar-refractivity contribution in [3.8, 4) is 0 Å². The Morgan fingerprint density at radius 1 is 0.390 bits per heavy atom. The molecule has 0 saturated carbocycles. The summed E-state index contributed by atoms with van der Waals surface area (Å²) in [5, 5.41) is 0. The standard InChI is InChI=1S/C36H46N4.Pd/c1-9-21-22(10-2)30-18-32-25(13-5)26(14-6)34(39-32)20-36-28(16-8)27(15-7)35(40-36)19-33-24(12-4)23(11-3)31(38-33)17-29(21)37-30;/h17-20,37-38H,9-16H2,1-8H3;/q;+2. The zero-order valence-corrected chi connectivity index (χ0v) is 27.7. The Morgan fingerprint density at radius 2 is 0.659 bits per heavy atom. The maximum atomic E-state index is 5.28. The Balaban J connectivity index is 0.00000387. The van der Waals surface area contributed by atoms with Crippen LogP contribution in [0.25, 0.3) is 44.4 Å². The number of aromatic nitrogens is 4. The van der Waals surface area contributed by atoms with Crippen LogP contribution >= 0.6 is 0 Å². The van der Waals surface area contributed by atoms with E-state index < -0.39 is 0 Å². The number of allylic oxidation sites excluding steroid dienone is 4. The molecule has 0 unspecified atom stereocenters. The van der Waals surface area contributed by atoms with E-state index in [0.717, 1.165) is 74.1 Å². The first kappa shape index (κ1) is 31.2. The quantitative estimate of drug-likeness (QED) is 0.241. The number of rotatable bonds is 8. The van der Waals surface area contributed by atoms with Gasteiger partial charge < -0.3 is 9.97 Å². The fraction of sp³-hybridized carbons (Fsp3) is 0.444. The van der Waals surface area contributed by atoms with Crippen molar-refractivity contribution in [2.75, 3.05) is 0 Å². The van der Waals surface area contributed by atoms with E-state index in [2.05, 4.69) is 89.6 Å². The molecule has 3 aromatic heterocycles. The van der Waals surface area contributed by atoms with E-state index in [-0.39, 0.29) is 20.4 Å². The van der Waals surface area contributed by atoms with Crippen LogP contribution < -0.4 is 0 Å². The van der Waals surface area contributed by atoms with E-state index in [9.17, 15) is 0 Å². The smallest absolute Gasteiger partial charge is 0.355 e. The first-order chi connectivity index (χ1) is 19.5. The third-order valence-electron chi connectivity index (χ3n) is 8.97. The first-order valence-electron chi connectivity index (χ1n) is 15.7. The Kier molecular flexibility index (Phi) is 9.94. The minimum absolute atomic E-state index is 0. The van der Waals surface area contributed by atoms with Gasteiger partial charge in [0.1, 0.15) is 0 Å². The number of aromatic amines is 2. The Morgan fingerprint density at radius 3 is 0.927 bits per heavy atom. The van der Waals surface area contributed by atoms with Gasteiger partial charge in [-0.3, -0.25) is 0 Å². The molecule has 5 heterocycles. The van der Waals surface area contributed by atoms with Crippen molar-refractivity contribution in [2.45, 2.75) is 107 Å². The van der Waals surface area contributed by atoms with Crippen LogP contribution in [-0.2, 0) is 46.1 Å². The number of aryl methyl sites for hydroxylation is 4. The second-order valence-corrected chi connectivity index (χ2v) is 10.9. The molecule has 0 aromatic carbocycles. The van der Waals surface area contributed by atoms with Crippen molar-refractivity contribution >= 4 is 44.4 Å². The van der Waals surface area contributed by atoms with Gasteiger partial charge in [0.25, 0.3) is 0 Å². The molecular weight excluding hydrogens is 595 g/mol. The molecule has 5 rings (SSSR count). The normalized spacial score (nSPS) is 13.3. The summed E-state index contributed by atoms with van der Waals surface area (Å²) in [4.78, 5) is 18.2. The van der Waals surface area contributed by atoms with Gasteiger partial charge in [-0.2, -0.15) is 0 Å². The molecule has 2 aliphatic rings. The molecule has 2 aliphatic heterocycles. The molecule has 4 nitrogen and oxygen atoms in total. The van der Waals surface area contributed by atoms with Gasteiger partial charge in [0.05, 0.1) is 22.8 Å². The fourth-order valence-corrected chi connectivity index (χ4v) is 7.10. The summed E-state index contributed by atoms with van der Waals surface area (Å²) in [5.41, 5.74) is 20.2. The largest absolute Gasteiger partial charge is 2.00 e. The molecule has 0 fully saturated rings. The molecule has 0 spiro atoms. The maximum Gasteiger partial charge on any atom is 2.00 e. The van der Waals surface area contributed by atoms with Gasteiger partial charge in [-0.05, 0) is 120 Å². The van der Waals surface area contributed by atoms with Crippen LogP contribution in [0.3, 0.4) is 0 Å². The van der Waals surface area contributed by atoms with Gasteiger partial charge in [-0.1, -0.05) is 55.4 Å². The predicted octanol–water partition coefficient (Wildman–Crippen LogP) is 10.0. The zero-order chi connectivity index (χ0) is 28.6. The fourth-order valence-electron chi connectivity index (χ4n) is 7.10. The molecule has 0 saturated heterocycles. The van der Waals surface area contributed by atoms with Gasteiger partial charge in [-0.25, -0.2) is 9.97 Å². The average molecular weight is 641 g/mol. The van der Waals surface area contributed by atoms with E-state index in [1.165, 1.54) is 66.6 Å². The minimum Gasteiger partial charge on any atom is -0.355 e. The molecule has 218 valence electrons. The molecule has 41 heavy (non-hydrogen) atoms. The monoisotopic (exact) mass is 640 g/mol. The summed E-state index contributed by atoms with van der Waals surface area (Å²) in [6.07, 6.45) is 7.84. The third kappa shape index (κ3) is 5.33. The summed E-state index contributed by atoms with van der Waals surface area (Å²) in [6, 6.07) is 9.24. The summed E-state index contributed by atoms with van der Waals surface area (Å²) in [6.45, 7) is 18.1. The molecule has 0 amide bonds. The van der Waals surface area contributed by atoms with Crippen molar-refractivity contribution < 1.29 is 20.4 Å². The molecule has 0 radical (unpaired) electrons. The second-order valence-electron chi connectivity index (χ2n) is 10.9. The molecule has 2 N–H and O–H groups in total. The van der Waals surface area contributed by atoms with Gasteiger partial charge in [0.15, 0.2) is 0 Å². The summed E-state index contributed by atoms with van der Waals surface area (Å²) < 4.78 is 0. The van der Waals surface area contributed by atoms with Crippen molar-refractivity contribution in [1.29, 1.82) is 0 Å². The van der Waals surface area contributed by atoms with Crippen LogP contribution in [-0.4, -0.2) is 19.9 Å². The molecule has 3 aromatic rings. The summed E-state index contributed by atoms with van der Waals surface area (Å²) >= 11 is 0. The maximum absolute atomic E-state index is 5.28. The first-order valence-corrected chi connectivity index (χ1v) is 15.7. The molecule has 0 atom stereocenters. The van der Waals surface area contributed by atoms with Crippen LogP contribution in [0.15, 0.2) is 24.3 Å². The zero-order valence-electron chi connectivity index (χ0n) is 26.2. The Hall–Kier alpha value is -2.74. The number of hydrogen-bond acceptors (Lipinski definition) is 2. The van der Waals surface area contributed by atoms with Crippen molar-refractivity contribution in [3.05, 3.63) is 69.3 Å². The third-order valence-corrected chi connectivity index (χ3v) is 8.97. The van der Waals surface area contributed by atoms with E-state index in [1.54, 1.807) is 0 Å². The molecular formula is C36H46N4Pd+2. The van der Waals surface area contributed by atoms with Gasteiger partial charge in [0.2, 0.25) is 0 Å². The van der Waals surface area contributed by atoms with Crippen molar-refractivity contribution in [2.24, 2.45) is 0 Å². The molecule has 0 aliphatic carbocycles. The van der Waals surface area contributed by atoms with E-state index in [1.807, 2.05) is 0 Å². The van der Waals surface area contributed by atoms with Crippen LogP contribution in [0, 0.1) is 0 Å². The van der Waals surface area contributed by atoms with Crippen LogP contribution in [0.4, 0.5) is 0 Å². The number of fused-ring (bicyclic) bond motifs is 8. The topological polar surface area (TPSA) is 57.4 Å². The SMILES string of the molecule is CCC1=C(CC)c2cc3[nH]c(cc4[nH]c(cc5nc(cc1n2)C(CC)=C5CC)c(CC)c4CC)c(CC)c3CC.[Pd+2].